The number of fused-ring (bicyclic) bond motifs is 1. The number of hydrogen-bond acceptors (Lipinski definition) is 6. The maximum absolute atomic E-state index is 12.1. The van der Waals surface area contributed by atoms with Gasteiger partial charge in [-0.2, -0.15) is 0 Å². The smallest absolute Gasteiger partial charge is 0.269 e. The molecule has 0 bridgehead atoms. The van der Waals surface area contributed by atoms with E-state index in [-0.39, 0.29) is 11.8 Å². The topological polar surface area (TPSA) is 86.8 Å². The average Bonchev–Trinajstić information content (AvgIpc) is 2.79. The summed E-state index contributed by atoms with van der Waals surface area (Å²) >= 11 is 0. The van der Waals surface area contributed by atoms with E-state index in [2.05, 4.69) is 38.4 Å². The Hall–Kier alpha value is -3.13. The normalized spacial score (nSPS) is 21.1. The predicted molar refractivity (Wildman–Crippen MR) is 119 cm³/mol. The molecule has 0 radical (unpaired) electrons. The van der Waals surface area contributed by atoms with E-state index in [1.54, 1.807) is 19.3 Å². The van der Waals surface area contributed by atoms with Crippen LogP contribution in [0.15, 0.2) is 36.5 Å². The number of carbonyl (C=O) groups is 2. The molecule has 0 spiro atoms. The molecular weight excluding hydrogens is 394 g/mol. The van der Waals surface area contributed by atoms with Crippen LogP contribution in [0.25, 0.3) is 0 Å². The zero-order valence-electron chi connectivity index (χ0n) is 18.2. The fraction of sp³-hybridized carbons (Fsp3) is 0.435. The highest BCUT2D eigenvalue weighted by molar-refractivity contribution is 5.97. The first-order valence-corrected chi connectivity index (χ1v) is 10.8. The quantitative estimate of drug-likeness (QED) is 0.767. The molecule has 1 fully saturated rings. The molecule has 0 saturated carbocycles. The summed E-state index contributed by atoms with van der Waals surface area (Å²) in [5.41, 5.74) is 3.35. The lowest BCUT2D eigenvalue weighted by atomic mass is 10.1. The molecule has 8 nitrogen and oxygen atoms in total. The predicted octanol–water partition coefficient (Wildman–Crippen LogP) is 2.26. The highest BCUT2D eigenvalue weighted by Gasteiger charge is 2.27. The van der Waals surface area contributed by atoms with E-state index in [1.807, 2.05) is 25.1 Å². The number of ether oxygens (including phenoxy) is 1. The maximum atomic E-state index is 12.1. The number of carbonyl (C=O) groups excluding carboxylic acids is 2. The lowest BCUT2D eigenvalue weighted by molar-refractivity contribution is -0.123. The summed E-state index contributed by atoms with van der Waals surface area (Å²) < 4.78 is 5.79. The van der Waals surface area contributed by atoms with Gasteiger partial charge >= 0.3 is 0 Å². The second-order valence-electron chi connectivity index (χ2n) is 8.08. The van der Waals surface area contributed by atoms with Crippen molar-refractivity contribution in [3.05, 3.63) is 47.8 Å². The second kappa shape index (κ2) is 8.93. The van der Waals surface area contributed by atoms with Gasteiger partial charge in [-0.3, -0.25) is 14.5 Å². The number of aromatic nitrogens is 1. The molecule has 164 valence electrons. The first-order valence-electron chi connectivity index (χ1n) is 10.8. The molecule has 2 N–H and O–H groups in total. The standard InChI is InChI=1S/C23H29N5O3/c1-4-20-23(30)26-19-11-16(5-8-21(19)31-20)14-27-9-10-28(13-15(27)2)17-6-7-18(25-12-17)22(29)24-3/h5-8,11-12,15,20H,4,9-10,13-14H2,1-3H3,(H,24,29)(H,26,30)/t15?,20-/m1/s1. The van der Waals surface area contributed by atoms with Crippen molar-refractivity contribution in [2.45, 2.75) is 39.0 Å². The number of anilines is 2. The molecule has 4 rings (SSSR count). The summed E-state index contributed by atoms with van der Waals surface area (Å²) in [4.78, 5) is 32.8. The van der Waals surface area contributed by atoms with Gasteiger partial charge in [-0.1, -0.05) is 13.0 Å². The van der Waals surface area contributed by atoms with Crippen molar-refractivity contribution in [1.82, 2.24) is 15.2 Å². The monoisotopic (exact) mass is 423 g/mol. The molecule has 1 unspecified atom stereocenters. The number of hydrogen-bond donors (Lipinski definition) is 2. The first-order chi connectivity index (χ1) is 15.0. The Kier molecular flexibility index (Phi) is 6.08. The van der Waals surface area contributed by atoms with Crippen LogP contribution in [-0.2, 0) is 11.3 Å². The molecule has 8 heteroatoms. The lowest BCUT2D eigenvalue weighted by Gasteiger charge is -2.41. The van der Waals surface area contributed by atoms with Gasteiger partial charge in [0.05, 0.1) is 17.6 Å². The highest BCUT2D eigenvalue weighted by Crippen LogP contribution is 2.32. The molecule has 2 aromatic rings. The molecule has 3 heterocycles. The van der Waals surface area contributed by atoms with Gasteiger partial charge in [0.2, 0.25) is 0 Å². The van der Waals surface area contributed by atoms with Crippen LogP contribution < -0.4 is 20.3 Å². The van der Waals surface area contributed by atoms with Gasteiger partial charge in [0, 0.05) is 39.3 Å². The van der Waals surface area contributed by atoms with Crippen LogP contribution in [0.3, 0.4) is 0 Å². The average molecular weight is 424 g/mol. The van der Waals surface area contributed by atoms with Crippen molar-refractivity contribution in [3.63, 3.8) is 0 Å². The van der Waals surface area contributed by atoms with E-state index in [0.717, 1.165) is 48.9 Å². The lowest BCUT2D eigenvalue weighted by Crippen LogP contribution is -2.51. The SMILES string of the molecule is CC[C@H]1Oc2ccc(CN3CCN(c4ccc(C(=O)NC)nc4)CC3C)cc2NC1=O. The van der Waals surface area contributed by atoms with Crippen LogP contribution in [-0.4, -0.2) is 60.5 Å². The summed E-state index contributed by atoms with van der Waals surface area (Å²) in [5, 5.41) is 5.56. The Morgan fingerprint density at radius 3 is 2.81 bits per heavy atom. The molecule has 2 amide bonds. The van der Waals surface area contributed by atoms with Crippen molar-refractivity contribution >= 4 is 23.2 Å². The third-order valence-electron chi connectivity index (χ3n) is 5.96. The van der Waals surface area contributed by atoms with E-state index in [9.17, 15) is 9.59 Å². The molecule has 2 aliphatic rings. The third-order valence-corrected chi connectivity index (χ3v) is 5.96. The fourth-order valence-corrected chi connectivity index (χ4v) is 4.10. The molecule has 2 atom stereocenters. The van der Waals surface area contributed by atoms with E-state index < -0.39 is 6.10 Å². The zero-order chi connectivity index (χ0) is 22.0. The summed E-state index contributed by atoms with van der Waals surface area (Å²) in [5.74, 6) is 0.479. The summed E-state index contributed by atoms with van der Waals surface area (Å²) in [6.45, 7) is 7.64. The zero-order valence-corrected chi connectivity index (χ0v) is 18.2. The largest absolute Gasteiger partial charge is 0.478 e. The van der Waals surface area contributed by atoms with Crippen LogP contribution in [0, 0.1) is 0 Å². The molecule has 1 aromatic carbocycles. The first kappa shape index (κ1) is 21.1. The third kappa shape index (κ3) is 4.49. The van der Waals surface area contributed by atoms with Gasteiger partial charge in [-0.05, 0) is 43.2 Å². The van der Waals surface area contributed by atoms with E-state index in [0.29, 0.717) is 18.2 Å². The van der Waals surface area contributed by atoms with Gasteiger partial charge in [0.15, 0.2) is 6.10 Å². The van der Waals surface area contributed by atoms with Crippen molar-refractivity contribution in [3.8, 4) is 5.75 Å². The van der Waals surface area contributed by atoms with Crippen molar-refractivity contribution < 1.29 is 14.3 Å². The van der Waals surface area contributed by atoms with Crippen LogP contribution in [0.5, 0.6) is 5.75 Å². The highest BCUT2D eigenvalue weighted by atomic mass is 16.5. The van der Waals surface area contributed by atoms with Crippen LogP contribution in [0.2, 0.25) is 0 Å². The minimum Gasteiger partial charge on any atom is -0.478 e. The molecule has 1 saturated heterocycles. The van der Waals surface area contributed by atoms with E-state index >= 15 is 0 Å². The van der Waals surface area contributed by atoms with Gasteiger partial charge in [-0.25, -0.2) is 4.98 Å². The Balaban J connectivity index is 1.38. The minimum atomic E-state index is -0.411. The second-order valence-corrected chi connectivity index (χ2v) is 8.08. The Morgan fingerprint density at radius 1 is 1.29 bits per heavy atom. The molecule has 1 aromatic heterocycles. The summed E-state index contributed by atoms with van der Waals surface area (Å²) in [6, 6.07) is 10.1. The number of pyridine rings is 1. The Morgan fingerprint density at radius 2 is 2.13 bits per heavy atom. The van der Waals surface area contributed by atoms with E-state index in [4.69, 9.17) is 4.74 Å². The maximum Gasteiger partial charge on any atom is 0.269 e. The van der Waals surface area contributed by atoms with Gasteiger partial charge < -0.3 is 20.3 Å². The van der Waals surface area contributed by atoms with Crippen molar-refractivity contribution in [2.75, 3.05) is 36.9 Å². The van der Waals surface area contributed by atoms with Crippen LogP contribution >= 0.6 is 0 Å². The summed E-state index contributed by atoms with van der Waals surface area (Å²) in [6.07, 6.45) is 2.01. The van der Waals surface area contributed by atoms with Gasteiger partial charge in [0.1, 0.15) is 11.4 Å². The number of amides is 2. The summed E-state index contributed by atoms with van der Waals surface area (Å²) in [7, 11) is 1.60. The number of benzene rings is 1. The van der Waals surface area contributed by atoms with Crippen LogP contribution in [0.1, 0.15) is 36.3 Å². The molecule has 31 heavy (non-hydrogen) atoms. The van der Waals surface area contributed by atoms with Crippen molar-refractivity contribution in [2.24, 2.45) is 0 Å². The van der Waals surface area contributed by atoms with Crippen LogP contribution in [0.4, 0.5) is 11.4 Å². The molecule has 2 aliphatic heterocycles. The van der Waals surface area contributed by atoms with Crippen molar-refractivity contribution in [1.29, 1.82) is 0 Å². The minimum absolute atomic E-state index is 0.0785. The molecular formula is C23H29N5O3. The van der Waals surface area contributed by atoms with Gasteiger partial charge in [0.25, 0.3) is 11.8 Å². The number of piperazine rings is 1. The number of nitrogens with zero attached hydrogens (tertiary/aromatic N) is 3. The van der Waals surface area contributed by atoms with E-state index in [1.165, 1.54) is 0 Å². The Bertz CT molecular complexity index is 962. The van der Waals surface area contributed by atoms with Gasteiger partial charge in [-0.15, -0.1) is 0 Å². The Labute approximate surface area is 182 Å². The fourth-order valence-electron chi connectivity index (χ4n) is 4.10. The number of rotatable bonds is 5. The number of nitrogens with one attached hydrogen (secondary N) is 2. The molecule has 0 aliphatic carbocycles.